The van der Waals surface area contributed by atoms with Crippen LogP contribution in [0, 0.1) is 0 Å². The van der Waals surface area contributed by atoms with Gasteiger partial charge in [-0.15, -0.1) is 0 Å². The average molecular weight is 412 g/mol. The third kappa shape index (κ3) is 7.65. The van der Waals surface area contributed by atoms with Gasteiger partial charge < -0.3 is 14.6 Å². The number of hydrogen-bond acceptors (Lipinski definition) is 5. The van der Waals surface area contributed by atoms with E-state index in [2.05, 4.69) is 9.47 Å². The molecule has 0 heterocycles. The van der Waals surface area contributed by atoms with Crippen LogP contribution in [-0.2, 0) is 14.3 Å². The predicted molar refractivity (Wildman–Crippen MR) is 96.6 cm³/mol. The normalized spacial score (nSPS) is 11.5. The first kappa shape index (κ1) is 23.7. The van der Waals surface area contributed by atoms with E-state index in [0.717, 1.165) is 0 Å². The highest BCUT2D eigenvalue weighted by Crippen LogP contribution is 2.35. The van der Waals surface area contributed by atoms with Crippen molar-refractivity contribution in [1.29, 1.82) is 0 Å². The molecule has 9 heteroatoms. The summed E-state index contributed by atoms with van der Waals surface area (Å²) < 4.78 is 47.1. The summed E-state index contributed by atoms with van der Waals surface area (Å²) in [5.41, 5.74) is -0.119. The van der Waals surface area contributed by atoms with Crippen molar-refractivity contribution >= 4 is 17.9 Å². The van der Waals surface area contributed by atoms with Gasteiger partial charge in [0, 0.05) is 6.92 Å². The maximum atomic E-state index is 12.7. The molecule has 1 N–H and O–H groups in total. The second-order valence-electron chi connectivity index (χ2n) is 5.53. The Morgan fingerprint density at radius 1 is 1.00 bits per heavy atom. The van der Waals surface area contributed by atoms with Crippen molar-refractivity contribution in [1.82, 2.24) is 0 Å². The van der Waals surface area contributed by atoms with E-state index in [1.54, 1.807) is 18.2 Å². The van der Waals surface area contributed by atoms with Crippen molar-refractivity contribution in [3.8, 4) is 5.75 Å². The van der Waals surface area contributed by atoms with E-state index in [4.69, 9.17) is 5.11 Å². The standard InChI is InChI=1S/C11H11F3O2.C9H8O4/c1-2-16-10(15)9(11(12,13)14)8-6-4-3-5-7-8;1-6(10)13-8-5-3-2-4-7(8)9(11)12/h3-7,9H,2H2,1H3;2-5H,1H3,(H,11,12). The second kappa shape index (κ2) is 10.8. The Bertz CT molecular complexity index is 834. The smallest absolute Gasteiger partial charge is 0.406 e. The Kier molecular flexibility index (Phi) is 8.85. The Hall–Kier alpha value is -3.36. The van der Waals surface area contributed by atoms with E-state index in [1.807, 2.05) is 0 Å². The van der Waals surface area contributed by atoms with Gasteiger partial charge in [-0.05, 0) is 24.6 Å². The largest absolute Gasteiger partial charge is 0.478 e. The summed E-state index contributed by atoms with van der Waals surface area (Å²) in [5, 5.41) is 8.69. The minimum atomic E-state index is -4.63. The van der Waals surface area contributed by atoms with Gasteiger partial charge in [0.05, 0.1) is 6.61 Å². The highest BCUT2D eigenvalue weighted by Gasteiger charge is 2.46. The van der Waals surface area contributed by atoms with Crippen LogP contribution < -0.4 is 4.74 Å². The summed E-state index contributed by atoms with van der Waals surface area (Å²) in [6.45, 7) is 2.62. The molecule has 0 bridgehead atoms. The van der Waals surface area contributed by atoms with Gasteiger partial charge in [-0.3, -0.25) is 9.59 Å². The van der Waals surface area contributed by atoms with Crippen LogP contribution in [0.2, 0.25) is 0 Å². The quantitative estimate of drug-likeness (QED) is 0.585. The van der Waals surface area contributed by atoms with Gasteiger partial charge in [0.25, 0.3) is 0 Å². The molecule has 0 amide bonds. The molecule has 1 unspecified atom stereocenters. The maximum absolute atomic E-state index is 12.7. The summed E-state index contributed by atoms with van der Waals surface area (Å²) in [6, 6.07) is 13.0. The first-order chi connectivity index (χ1) is 13.6. The number of carboxylic acid groups (broad SMARTS) is 1. The lowest BCUT2D eigenvalue weighted by Crippen LogP contribution is -2.30. The molecule has 0 aliphatic heterocycles. The number of ether oxygens (including phenoxy) is 2. The topological polar surface area (TPSA) is 89.9 Å². The molecule has 156 valence electrons. The fourth-order valence-corrected chi connectivity index (χ4v) is 2.22. The number of para-hydroxylation sites is 1. The number of carboxylic acids is 1. The number of benzene rings is 2. The molecule has 2 rings (SSSR count). The fourth-order valence-electron chi connectivity index (χ4n) is 2.22. The predicted octanol–water partition coefficient (Wildman–Crippen LogP) is 4.21. The second-order valence-corrected chi connectivity index (χ2v) is 5.53. The molecular formula is C20H19F3O6. The lowest BCUT2D eigenvalue weighted by atomic mass is 9.99. The minimum Gasteiger partial charge on any atom is -0.478 e. The van der Waals surface area contributed by atoms with Crippen LogP contribution in [-0.4, -0.2) is 35.8 Å². The van der Waals surface area contributed by atoms with Crippen LogP contribution >= 0.6 is 0 Å². The molecule has 1 atom stereocenters. The molecule has 2 aromatic rings. The third-order valence-corrected chi connectivity index (χ3v) is 3.35. The van der Waals surface area contributed by atoms with Gasteiger partial charge in [0.2, 0.25) is 0 Å². The van der Waals surface area contributed by atoms with Gasteiger partial charge in [0.1, 0.15) is 11.3 Å². The number of rotatable bonds is 5. The van der Waals surface area contributed by atoms with Crippen LogP contribution in [0.1, 0.15) is 35.7 Å². The first-order valence-corrected chi connectivity index (χ1v) is 8.37. The van der Waals surface area contributed by atoms with Gasteiger partial charge in [-0.2, -0.15) is 13.2 Å². The molecule has 29 heavy (non-hydrogen) atoms. The minimum absolute atomic E-state index is 0.0160. The van der Waals surface area contributed by atoms with Gasteiger partial charge in [0.15, 0.2) is 5.92 Å². The Labute approximate surface area is 164 Å². The Balaban J connectivity index is 0.000000296. The van der Waals surface area contributed by atoms with Crippen molar-refractivity contribution in [2.75, 3.05) is 6.61 Å². The summed E-state index contributed by atoms with van der Waals surface area (Å²) in [6.07, 6.45) is -4.63. The van der Waals surface area contributed by atoms with Gasteiger partial charge >= 0.3 is 24.1 Å². The van der Waals surface area contributed by atoms with E-state index in [9.17, 15) is 27.6 Å². The van der Waals surface area contributed by atoms with Crippen LogP contribution in [0.25, 0.3) is 0 Å². The van der Waals surface area contributed by atoms with E-state index >= 15 is 0 Å². The van der Waals surface area contributed by atoms with Crippen LogP contribution in [0.5, 0.6) is 5.75 Å². The summed E-state index contributed by atoms with van der Waals surface area (Å²) in [4.78, 5) is 32.4. The first-order valence-electron chi connectivity index (χ1n) is 8.37. The summed E-state index contributed by atoms with van der Waals surface area (Å²) in [7, 11) is 0. The van der Waals surface area contributed by atoms with Gasteiger partial charge in [-0.1, -0.05) is 42.5 Å². The summed E-state index contributed by atoms with van der Waals surface area (Å²) >= 11 is 0. The van der Waals surface area contributed by atoms with E-state index < -0.39 is 30.0 Å². The highest BCUT2D eigenvalue weighted by atomic mass is 19.4. The molecule has 0 saturated carbocycles. The van der Waals surface area contributed by atoms with Crippen molar-refractivity contribution in [3.63, 3.8) is 0 Å². The molecule has 0 saturated heterocycles. The highest BCUT2D eigenvalue weighted by molar-refractivity contribution is 5.91. The lowest BCUT2D eigenvalue weighted by molar-refractivity contribution is -0.180. The van der Waals surface area contributed by atoms with E-state index in [-0.39, 0.29) is 23.5 Å². The molecule has 2 aromatic carbocycles. The molecule has 0 fully saturated rings. The van der Waals surface area contributed by atoms with Crippen molar-refractivity contribution in [2.24, 2.45) is 0 Å². The van der Waals surface area contributed by atoms with Crippen LogP contribution in [0.4, 0.5) is 13.2 Å². The number of halogens is 3. The van der Waals surface area contributed by atoms with Crippen LogP contribution in [0.3, 0.4) is 0 Å². The molecule has 0 aliphatic rings. The zero-order valence-electron chi connectivity index (χ0n) is 15.6. The number of carbonyl (C=O) groups excluding carboxylic acids is 2. The molecule has 6 nitrogen and oxygen atoms in total. The number of alkyl halides is 3. The average Bonchev–Trinajstić information content (AvgIpc) is 2.62. The molecule has 0 aromatic heterocycles. The number of aromatic carboxylic acids is 1. The molecule has 0 radical (unpaired) electrons. The number of esters is 2. The molecule has 0 spiro atoms. The molecular weight excluding hydrogens is 393 g/mol. The third-order valence-electron chi connectivity index (χ3n) is 3.35. The van der Waals surface area contributed by atoms with Crippen molar-refractivity contribution in [2.45, 2.75) is 25.9 Å². The Morgan fingerprint density at radius 3 is 2.03 bits per heavy atom. The maximum Gasteiger partial charge on any atom is 0.406 e. The SMILES string of the molecule is CC(=O)Oc1ccccc1C(=O)O.CCOC(=O)C(c1ccccc1)C(F)(F)F. The summed E-state index contributed by atoms with van der Waals surface area (Å²) in [5.74, 6) is -5.04. The monoisotopic (exact) mass is 412 g/mol. The zero-order chi connectivity index (χ0) is 22.0. The van der Waals surface area contributed by atoms with E-state index in [1.165, 1.54) is 50.2 Å². The number of carbonyl (C=O) groups is 3. The Morgan fingerprint density at radius 2 is 1.55 bits per heavy atom. The van der Waals surface area contributed by atoms with E-state index in [0.29, 0.717) is 0 Å². The zero-order valence-corrected chi connectivity index (χ0v) is 15.6. The fraction of sp³-hybridized carbons (Fsp3) is 0.250. The van der Waals surface area contributed by atoms with Crippen molar-refractivity contribution in [3.05, 3.63) is 65.7 Å². The van der Waals surface area contributed by atoms with Crippen molar-refractivity contribution < 1.29 is 42.1 Å². The van der Waals surface area contributed by atoms with Crippen LogP contribution in [0.15, 0.2) is 54.6 Å². The molecule has 0 aliphatic carbocycles. The number of hydrogen-bond donors (Lipinski definition) is 1. The van der Waals surface area contributed by atoms with Gasteiger partial charge in [-0.25, -0.2) is 4.79 Å². The lowest BCUT2D eigenvalue weighted by Gasteiger charge is -2.18.